The number of anilines is 1. The van der Waals surface area contributed by atoms with Crippen molar-refractivity contribution in [3.05, 3.63) is 18.3 Å². The van der Waals surface area contributed by atoms with E-state index in [1.807, 2.05) is 13.0 Å². The molecular weight excluding hydrogens is 264 g/mol. The van der Waals surface area contributed by atoms with Crippen molar-refractivity contribution in [3.63, 3.8) is 0 Å². The molecule has 0 unspecified atom stereocenters. The molecule has 1 rings (SSSR count). The molecule has 0 aliphatic rings. The summed E-state index contributed by atoms with van der Waals surface area (Å²) in [7, 11) is -3.56. The number of rotatable bonds is 7. The van der Waals surface area contributed by atoms with E-state index in [9.17, 15) is 8.42 Å². The molecule has 0 spiro atoms. The molecule has 104 valence electrons. The molecular formula is C12H18N4O2S. The first-order chi connectivity index (χ1) is 9.06. The van der Waals surface area contributed by atoms with Gasteiger partial charge in [0.15, 0.2) is 0 Å². The number of nitriles is 1. The highest BCUT2D eigenvalue weighted by Crippen LogP contribution is 2.17. The molecule has 1 aromatic heterocycles. The van der Waals surface area contributed by atoms with Gasteiger partial charge in [-0.2, -0.15) is 9.57 Å². The molecule has 0 aliphatic heterocycles. The smallest absolute Gasteiger partial charge is 0.243 e. The summed E-state index contributed by atoms with van der Waals surface area (Å²) in [5.74, 6) is 0.528. The summed E-state index contributed by atoms with van der Waals surface area (Å²) < 4.78 is 26.1. The van der Waals surface area contributed by atoms with Gasteiger partial charge < -0.3 is 5.32 Å². The minimum Gasteiger partial charge on any atom is -0.370 e. The second-order valence-corrected chi connectivity index (χ2v) is 5.75. The van der Waals surface area contributed by atoms with E-state index in [2.05, 4.69) is 10.3 Å². The maximum Gasteiger partial charge on any atom is 0.243 e. The van der Waals surface area contributed by atoms with Crippen LogP contribution >= 0.6 is 0 Å². The fraction of sp³-hybridized carbons (Fsp3) is 0.500. The van der Waals surface area contributed by atoms with E-state index in [0.717, 1.165) is 0 Å². The van der Waals surface area contributed by atoms with Crippen LogP contribution in [0.5, 0.6) is 0 Å². The molecule has 1 heterocycles. The molecule has 0 saturated carbocycles. The van der Waals surface area contributed by atoms with Crippen LogP contribution < -0.4 is 5.32 Å². The zero-order valence-corrected chi connectivity index (χ0v) is 11.9. The van der Waals surface area contributed by atoms with E-state index >= 15 is 0 Å². The lowest BCUT2D eigenvalue weighted by Gasteiger charge is -2.19. The minimum atomic E-state index is -3.56. The molecule has 7 heteroatoms. The van der Waals surface area contributed by atoms with Crippen LogP contribution in [0.1, 0.15) is 20.3 Å². The fourth-order valence-corrected chi connectivity index (χ4v) is 3.08. The third-order valence-corrected chi connectivity index (χ3v) is 4.52. The number of sulfonamides is 1. The van der Waals surface area contributed by atoms with Crippen LogP contribution in [0, 0.1) is 11.3 Å². The van der Waals surface area contributed by atoms with Gasteiger partial charge in [-0.3, -0.25) is 0 Å². The van der Waals surface area contributed by atoms with Crippen molar-refractivity contribution in [2.45, 2.75) is 25.2 Å². The van der Waals surface area contributed by atoms with Crippen LogP contribution in [-0.4, -0.2) is 37.3 Å². The Morgan fingerprint density at radius 2 is 2.21 bits per heavy atom. The quantitative estimate of drug-likeness (QED) is 0.817. The van der Waals surface area contributed by atoms with Gasteiger partial charge >= 0.3 is 0 Å². The lowest BCUT2D eigenvalue weighted by Crippen LogP contribution is -2.31. The number of hydrogen-bond donors (Lipinski definition) is 1. The Bertz CT molecular complexity index is 551. The van der Waals surface area contributed by atoms with Crippen molar-refractivity contribution in [2.75, 3.05) is 25.0 Å². The average molecular weight is 282 g/mol. The Morgan fingerprint density at radius 3 is 2.79 bits per heavy atom. The van der Waals surface area contributed by atoms with Crippen molar-refractivity contribution >= 4 is 15.8 Å². The maximum atomic E-state index is 12.4. The summed E-state index contributed by atoms with van der Waals surface area (Å²) in [5, 5.41) is 11.5. The highest BCUT2D eigenvalue weighted by molar-refractivity contribution is 7.89. The van der Waals surface area contributed by atoms with Gasteiger partial charge in [-0.1, -0.05) is 6.92 Å². The maximum absolute atomic E-state index is 12.4. The molecule has 0 fully saturated rings. The van der Waals surface area contributed by atoms with E-state index in [0.29, 0.717) is 18.9 Å². The van der Waals surface area contributed by atoms with Gasteiger partial charge in [-0.05, 0) is 13.0 Å². The zero-order chi connectivity index (χ0) is 14.3. The van der Waals surface area contributed by atoms with Gasteiger partial charge in [0.2, 0.25) is 10.0 Å². The highest BCUT2D eigenvalue weighted by atomic mass is 32.2. The van der Waals surface area contributed by atoms with Crippen LogP contribution in [0.25, 0.3) is 0 Å². The van der Waals surface area contributed by atoms with Crippen LogP contribution in [0.2, 0.25) is 0 Å². The predicted octanol–water partition coefficient (Wildman–Crippen LogP) is 1.44. The molecule has 0 amide bonds. The molecule has 0 bridgehead atoms. The van der Waals surface area contributed by atoms with Crippen molar-refractivity contribution in [2.24, 2.45) is 0 Å². The van der Waals surface area contributed by atoms with Gasteiger partial charge in [-0.25, -0.2) is 13.4 Å². The van der Waals surface area contributed by atoms with Crippen molar-refractivity contribution < 1.29 is 8.42 Å². The van der Waals surface area contributed by atoms with Gasteiger partial charge in [0.25, 0.3) is 0 Å². The predicted molar refractivity (Wildman–Crippen MR) is 73.1 cm³/mol. The van der Waals surface area contributed by atoms with Gasteiger partial charge in [0.1, 0.15) is 5.82 Å². The Labute approximate surface area is 114 Å². The van der Waals surface area contributed by atoms with Gasteiger partial charge in [0, 0.05) is 38.3 Å². The molecule has 6 nitrogen and oxygen atoms in total. The van der Waals surface area contributed by atoms with Crippen molar-refractivity contribution in [1.29, 1.82) is 5.26 Å². The van der Waals surface area contributed by atoms with Gasteiger partial charge in [0.05, 0.1) is 11.0 Å². The summed E-state index contributed by atoms with van der Waals surface area (Å²) in [6, 6.07) is 4.93. The normalized spacial score (nSPS) is 11.3. The lowest BCUT2D eigenvalue weighted by atomic mass is 10.4. The van der Waals surface area contributed by atoms with E-state index in [-0.39, 0.29) is 17.9 Å². The average Bonchev–Trinajstić information content (AvgIpc) is 2.40. The zero-order valence-electron chi connectivity index (χ0n) is 11.1. The third kappa shape index (κ3) is 3.91. The first-order valence-electron chi connectivity index (χ1n) is 6.13. The largest absolute Gasteiger partial charge is 0.370 e. The van der Waals surface area contributed by atoms with E-state index in [1.54, 1.807) is 6.92 Å². The van der Waals surface area contributed by atoms with E-state index < -0.39 is 10.0 Å². The van der Waals surface area contributed by atoms with E-state index in [1.165, 1.54) is 22.6 Å². The molecule has 0 radical (unpaired) electrons. The number of hydrogen-bond acceptors (Lipinski definition) is 5. The Kier molecular flexibility index (Phi) is 5.73. The SMILES string of the molecule is CCNc1cc(S(=O)(=O)N(CC)CCC#N)ccn1. The fourth-order valence-electron chi connectivity index (χ4n) is 1.62. The monoisotopic (exact) mass is 282 g/mol. The molecule has 0 aliphatic carbocycles. The summed E-state index contributed by atoms with van der Waals surface area (Å²) in [4.78, 5) is 4.24. The van der Waals surface area contributed by atoms with E-state index in [4.69, 9.17) is 5.26 Å². The molecule has 0 saturated heterocycles. The third-order valence-electron chi connectivity index (χ3n) is 2.55. The summed E-state index contributed by atoms with van der Waals surface area (Å²) in [6.45, 7) is 4.87. The standard InChI is InChI=1S/C12H18N4O2S/c1-3-14-12-10-11(6-8-15-12)19(17,18)16(4-2)9-5-7-13/h6,8,10H,3-5,9H2,1-2H3,(H,14,15). The first-order valence-corrected chi connectivity index (χ1v) is 7.57. The van der Waals surface area contributed by atoms with Gasteiger partial charge in [-0.15, -0.1) is 0 Å². The molecule has 1 N–H and O–H groups in total. The Balaban J connectivity index is 3.04. The summed E-state index contributed by atoms with van der Waals surface area (Å²) in [6.07, 6.45) is 1.64. The Morgan fingerprint density at radius 1 is 1.47 bits per heavy atom. The minimum absolute atomic E-state index is 0.179. The lowest BCUT2D eigenvalue weighted by molar-refractivity contribution is 0.435. The molecule has 0 aromatic carbocycles. The number of aromatic nitrogens is 1. The molecule has 1 aromatic rings. The highest BCUT2D eigenvalue weighted by Gasteiger charge is 2.23. The van der Waals surface area contributed by atoms with Crippen LogP contribution in [0.4, 0.5) is 5.82 Å². The number of pyridine rings is 1. The van der Waals surface area contributed by atoms with Crippen LogP contribution in [-0.2, 0) is 10.0 Å². The second kappa shape index (κ2) is 7.07. The second-order valence-electron chi connectivity index (χ2n) is 3.81. The topological polar surface area (TPSA) is 86.1 Å². The summed E-state index contributed by atoms with van der Waals surface area (Å²) >= 11 is 0. The van der Waals surface area contributed by atoms with Crippen LogP contribution in [0.3, 0.4) is 0 Å². The first kappa shape index (κ1) is 15.4. The molecule has 19 heavy (non-hydrogen) atoms. The summed E-state index contributed by atoms with van der Waals surface area (Å²) in [5.41, 5.74) is 0. The molecule has 0 atom stereocenters. The van der Waals surface area contributed by atoms with Crippen LogP contribution in [0.15, 0.2) is 23.2 Å². The van der Waals surface area contributed by atoms with Crippen molar-refractivity contribution in [1.82, 2.24) is 9.29 Å². The number of nitrogens with zero attached hydrogens (tertiary/aromatic N) is 3. The number of nitrogens with one attached hydrogen (secondary N) is 1. The Hall–Kier alpha value is -1.65. The van der Waals surface area contributed by atoms with Crippen molar-refractivity contribution in [3.8, 4) is 6.07 Å².